The zero-order chi connectivity index (χ0) is 12.9. The first-order valence-electron chi connectivity index (χ1n) is 6.33. The molecular weight excluding hydrogens is 218 g/mol. The molecule has 0 spiro atoms. The molecule has 0 aromatic carbocycles. The Bertz CT molecular complexity index is 280. The van der Waals surface area contributed by atoms with Crippen molar-refractivity contribution in [2.75, 3.05) is 13.1 Å². The van der Waals surface area contributed by atoms with Crippen molar-refractivity contribution >= 4 is 11.8 Å². The van der Waals surface area contributed by atoms with Crippen LogP contribution in [0.5, 0.6) is 0 Å². The fourth-order valence-electron chi connectivity index (χ4n) is 2.39. The zero-order valence-corrected chi connectivity index (χ0v) is 10.7. The van der Waals surface area contributed by atoms with E-state index in [2.05, 4.69) is 17.6 Å². The maximum Gasteiger partial charge on any atom is 0.239 e. The van der Waals surface area contributed by atoms with Crippen LogP contribution in [0, 0.1) is 5.41 Å². The number of carbonyl (C=O) groups is 2. The maximum atomic E-state index is 12.3. The fourth-order valence-corrected chi connectivity index (χ4v) is 2.39. The van der Waals surface area contributed by atoms with Crippen molar-refractivity contribution in [3.63, 3.8) is 0 Å². The maximum absolute atomic E-state index is 12.3. The van der Waals surface area contributed by atoms with Gasteiger partial charge in [-0.2, -0.15) is 0 Å². The molecule has 2 unspecified atom stereocenters. The number of rotatable bonds is 5. The molecule has 1 rings (SSSR count). The van der Waals surface area contributed by atoms with Crippen LogP contribution in [0.3, 0.4) is 0 Å². The summed E-state index contributed by atoms with van der Waals surface area (Å²) in [6, 6.07) is -0.599. The van der Waals surface area contributed by atoms with E-state index >= 15 is 0 Å². The summed E-state index contributed by atoms with van der Waals surface area (Å²) in [6.07, 6.45) is 3.68. The molecule has 2 amide bonds. The molecule has 0 bridgehead atoms. The van der Waals surface area contributed by atoms with E-state index in [9.17, 15) is 9.59 Å². The molecule has 4 N–H and O–H groups in total. The molecule has 0 radical (unpaired) electrons. The van der Waals surface area contributed by atoms with Crippen LogP contribution in [-0.4, -0.2) is 30.9 Å². The number of nitrogens with two attached hydrogens (primary N) is 1. The molecule has 2 atom stereocenters. The van der Waals surface area contributed by atoms with Gasteiger partial charge in [0.1, 0.15) is 6.04 Å². The SMILES string of the molecule is CCCC1(C(=O)NC(C)C(N)=O)CCCNC1. The fraction of sp³-hybridized carbons (Fsp3) is 0.833. The van der Waals surface area contributed by atoms with E-state index < -0.39 is 11.9 Å². The lowest BCUT2D eigenvalue weighted by Crippen LogP contribution is -2.54. The van der Waals surface area contributed by atoms with Gasteiger partial charge in [-0.05, 0) is 32.7 Å². The van der Waals surface area contributed by atoms with E-state index in [1.54, 1.807) is 6.92 Å². The van der Waals surface area contributed by atoms with E-state index in [0.717, 1.165) is 32.2 Å². The normalized spacial score (nSPS) is 26.2. The van der Waals surface area contributed by atoms with Crippen molar-refractivity contribution in [1.82, 2.24) is 10.6 Å². The van der Waals surface area contributed by atoms with E-state index in [-0.39, 0.29) is 11.3 Å². The zero-order valence-electron chi connectivity index (χ0n) is 10.7. The Balaban J connectivity index is 2.69. The monoisotopic (exact) mass is 241 g/mol. The van der Waals surface area contributed by atoms with E-state index in [4.69, 9.17) is 5.73 Å². The number of amides is 2. The first kappa shape index (κ1) is 14.0. The molecule has 0 aromatic heterocycles. The third-order valence-electron chi connectivity index (χ3n) is 3.46. The lowest BCUT2D eigenvalue weighted by Gasteiger charge is -2.36. The molecule has 1 fully saturated rings. The lowest BCUT2D eigenvalue weighted by molar-refractivity contribution is -0.135. The van der Waals surface area contributed by atoms with Gasteiger partial charge in [0.05, 0.1) is 5.41 Å². The summed E-state index contributed by atoms with van der Waals surface area (Å²) >= 11 is 0. The standard InChI is InChI=1S/C12H23N3O2/c1-3-5-12(6-4-7-14-8-12)11(17)15-9(2)10(13)16/h9,14H,3-8H2,1-2H3,(H2,13,16)(H,15,17). The van der Waals surface area contributed by atoms with Gasteiger partial charge in [-0.25, -0.2) is 0 Å². The number of carbonyl (C=O) groups excluding carboxylic acids is 2. The van der Waals surface area contributed by atoms with Gasteiger partial charge in [0.15, 0.2) is 0 Å². The topological polar surface area (TPSA) is 84.2 Å². The summed E-state index contributed by atoms with van der Waals surface area (Å²) in [5, 5.41) is 5.99. The molecule has 5 nitrogen and oxygen atoms in total. The largest absolute Gasteiger partial charge is 0.368 e. The van der Waals surface area contributed by atoms with Gasteiger partial charge < -0.3 is 16.4 Å². The van der Waals surface area contributed by atoms with Crippen molar-refractivity contribution < 1.29 is 9.59 Å². The molecule has 1 aliphatic rings. The highest BCUT2D eigenvalue weighted by molar-refractivity contribution is 5.89. The van der Waals surface area contributed by atoms with Gasteiger partial charge in [-0.1, -0.05) is 13.3 Å². The Labute approximate surface area is 103 Å². The van der Waals surface area contributed by atoms with Gasteiger partial charge >= 0.3 is 0 Å². The van der Waals surface area contributed by atoms with E-state index in [1.165, 1.54) is 0 Å². The predicted molar refractivity (Wildman–Crippen MR) is 66.2 cm³/mol. The van der Waals surface area contributed by atoms with Crippen LogP contribution in [0.15, 0.2) is 0 Å². The van der Waals surface area contributed by atoms with Crippen LogP contribution in [0.1, 0.15) is 39.5 Å². The first-order chi connectivity index (χ1) is 8.02. The highest BCUT2D eigenvalue weighted by Gasteiger charge is 2.39. The molecular formula is C12H23N3O2. The second-order valence-corrected chi connectivity index (χ2v) is 4.91. The highest BCUT2D eigenvalue weighted by Crippen LogP contribution is 2.31. The molecule has 0 aliphatic carbocycles. The highest BCUT2D eigenvalue weighted by atomic mass is 16.2. The van der Waals surface area contributed by atoms with Crippen LogP contribution in [0.4, 0.5) is 0 Å². The summed E-state index contributed by atoms with van der Waals surface area (Å²) in [5.74, 6) is -0.536. The number of nitrogens with one attached hydrogen (secondary N) is 2. The Kier molecular flexibility index (Phi) is 4.93. The average Bonchev–Trinajstić information content (AvgIpc) is 2.30. The molecule has 17 heavy (non-hydrogen) atoms. The Morgan fingerprint density at radius 3 is 2.71 bits per heavy atom. The van der Waals surface area contributed by atoms with Gasteiger partial charge in [0, 0.05) is 6.54 Å². The lowest BCUT2D eigenvalue weighted by atomic mass is 9.76. The van der Waals surface area contributed by atoms with Gasteiger partial charge in [0.2, 0.25) is 11.8 Å². The Hall–Kier alpha value is -1.10. The predicted octanol–water partition coefficient (Wildman–Crippen LogP) is 0.146. The quantitative estimate of drug-likeness (QED) is 0.640. The van der Waals surface area contributed by atoms with Gasteiger partial charge in [-0.3, -0.25) is 9.59 Å². The molecule has 0 saturated carbocycles. The van der Waals surface area contributed by atoms with Gasteiger partial charge in [-0.15, -0.1) is 0 Å². The first-order valence-corrected chi connectivity index (χ1v) is 6.33. The number of primary amides is 1. The second-order valence-electron chi connectivity index (χ2n) is 4.91. The third-order valence-corrected chi connectivity index (χ3v) is 3.46. The van der Waals surface area contributed by atoms with Crippen LogP contribution < -0.4 is 16.4 Å². The number of hydrogen-bond donors (Lipinski definition) is 3. The summed E-state index contributed by atoms with van der Waals surface area (Å²) in [6.45, 7) is 5.35. The van der Waals surface area contributed by atoms with Crippen LogP contribution >= 0.6 is 0 Å². The molecule has 5 heteroatoms. The minimum absolute atomic E-state index is 0.0437. The summed E-state index contributed by atoms with van der Waals surface area (Å²) < 4.78 is 0. The third kappa shape index (κ3) is 3.43. The van der Waals surface area contributed by atoms with E-state index in [1.807, 2.05) is 0 Å². The summed E-state index contributed by atoms with van der Waals surface area (Å²) in [5.41, 5.74) is 4.80. The van der Waals surface area contributed by atoms with Crippen molar-refractivity contribution in [3.8, 4) is 0 Å². The van der Waals surface area contributed by atoms with Crippen molar-refractivity contribution in [3.05, 3.63) is 0 Å². The molecule has 1 heterocycles. The van der Waals surface area contributed by atoms with Crippen molar-refractivity contribution in [2.45, 2.75) is 45.6 Å². The minimum Gasteiger partial charge on any atom is -0.368 e. The minimum atomic E-state index is -0.599. The van der Waals surface area contributed by atoms with Crippen LogP contribution in [0.2, 0.25) is 0 Å². The molecule has 1 aliphatic heterocycles. The Morgan fingerprint density at radius 1 is 1.53 bits per heavy atom. The van der Waals surface area contributed by atoms with Crippen LogP contribution in [-0.2, 0) is 9.59 Å². The van der Waals surface area contributed by atoms with Crippen molar-refractivity contribution in [2.24, 2.45) is 11.1 Å². The molecule has 98 valence electrons. The Morgan fingerprint density at radius 2 is 2.24 bits per heavy atom. The smallest absolute Gasteiger partial charge is 0.239 e. The van der Waals surface area contributed by atoms with Crippen LogP contribution in [0.25, 0.3) is 0 Å². The molecule has 0 aromatic rings. The number of hydrogen-bond acceptors (Lipinski definition) is 3. The van der Waals surface area contributed by atoms with Crippen molar-refractivity contribution in [1.29, 1.82) is 0 Å². The second kappa shape index (κ2) is 6.00. The van der Waals surface area contributed by atoms with Gasteiger partial charge in [0.25, 0.3) is 0 Å². The number of piperidine rings is 1. The average molecular weight is 241 g/mol. The summed E-state index contributed by atoms with van der Waals surface area (Å²) in [4.78, 5) is 23.2. The summed E-state index contributed by atoms with van der Waals surface area (Å²) in [7, 11) is 0. The molecule has 1 saturated heterocycles. The van der Waals surface area contributed by atoms with E-state index in [0.29, 0.717) is 6.54 Å².